The molecule has 0 radical (unpaired) electrons. The first kappa shape index (κ1) is 17.8. The van der Waals surface area contributed by atoms with Crippen LogP contribution >= 0.6 is 11.6 Å². The molecule has 6 heteroatoms. The normalized spacial score (nSPS) is 17.4. The maximum Gasteiger partial charge on any atom is 0.225 e. The molecular weight excluding hydrogens is 338 g/mol. The number of unbranched alkanes of at least 4 members (excludes halogenated alkanes) is 1. The summed E-state index contributed by atoms with van der Waals surface area (Å²) < 4.78 is 0. The minimum absolute atomic E-state index is 0.0229. The molecule has 25 heavy (non-hydrogen) atoms. The Morgan fingerprint density at radius 3 is 3.08 bits per heavy atom. The van der Waals surface area contributed by atoms with Gasteiger partial charge in [0.25, 0.3) is 0 Å². The predicted octanol–water partition coefficient (Wildman–Crippen LogP) is 3.13. The van der Waals surface area contributed by atoms with E-state index in [0.29, 0.717) is 24.5 Å². The first-order chi connectivity index (χ1) is 12.1. The molecule has 3 rings (SSSR count). The summed E-state index contributed by atoms with van der Waals surface area (Å²) in [5, 5.41) is 4.76. The van der Waals surface area contributed by atoms with E-state index in [2.05, 4.69) is 17.2 Å². The summed E-state index contributed by atoms with van der Waals surface area (Å²) in [7, 11) is 0. The summed E-state index contributed by atoms with van der Waals surface area (Å²) in [5.74, 6) is -0.146. The number of hydrogen-bond donors (Lipinski definition) is 2. The topological polar surface area (TPSA) is 65.2 Å². The van der Waals surface area contributed by atoms with E-state index in [-0.39, 0.29) is 17.7 Å². The van der Waals surface area contributed by atoms with Crippen molar-refractivity contribution in [1.82, 2.24) is 15.2 Å². The summed E-state index contributed by atoms with van der Waals surface area (Å²) in [6, 6.07) is 5.74. The van der Waals surface area contributed by atoms with Crippen LogP contribution in [0.3, 0.4) is 0 Å². The number of fused-ring (bicyclic) bond motifs is 1. The standard InChI is InChI=1S/C19H24ClN3O2/c1-2-3-8-23-12-14(9-18(23)24)19(25)21-7-6-13-11-22-17-5-4-15(20)10-16(13)17/h4-5,10-11,14,22H,2-3,6-9,12H2,1H3,(H,21,25). The van der Waals surface area contributed by atoms with Crippen LogP contribution in [0.2, 0.25) is 5.02 Å². The van der Waals surface area contributed by atoms with Gasteiger partial charge in [-0.2, -0.15) is 0 Å². The molecule has 2 heterocycles. The highest BCUT2D eigenvalue weighted by atomic mass is 35.5. The van der Waals surface area contributed by atoms with Crippen molar-refractivity contribution in [2.45, 2.75) is 32.6 Å². The molecule has 5 nitrogen and oxygen atoms in total. The van der Waals surface area contributed by atoms with E-state index in [0.717, 1.165) is 42.3 Å². The average molecular weight is 362 g/mol. The average Bonchev–Trinajstić information content (AvgIpc) is 3.16. The maximum atomic E-state index is 12.3. The number of likely N-dealkylation sites (tertiary alicyclic amines) is 1. The first-order valence-corrected chi connectivity index (χ1v) is 9.27. The van der Waals surface area contributed by atoms with Crippen LogP contribution in [0.25, 0.3) is 10.9 Å². The van der Waals surface area contributed by atoms with Gasteiger partial charge in [-0.25, -0.2) is 0 Å². The first-order valence-electron chi connectivity index (χ1n) is 8.89. The number of halogens is 1. The van der Waals surface area contributed by atoms with Gasteiger partial charge >= 0.3 is 0 Å². The smallest absolute Gasteiger partial charge is 0.225 e. The van der Waals surface area contributed by atoms with Crippen molar-refractivity contribution in [3.05, 3.63) is 35.0 Å². The molecule has 0 saturated carbocycles. The summed E-state index contributed by atoms with van der Waals surface area (Å²) in [6.45, 7) is 3.96. The molecule has 1 saturated heterocycles. The Bertz CT molecular complexity index is 771. The summed E-state index contributed by atoms with van der Waals surface area (Å²) >= 11 is 6.06. The summed E-state index contributed by atoms with van der Waals surface area (Å²) in [6.07, 6.45) is 5.06. The number of rotatable bonds is 7. The van der Waals surface area contributed by atoms with E-state index in [4.69, 9.17) is 11.6 Å². The van der Waals surface area contributed by atoms with Crippen LogP contribution in [0.1, 0.15) is 31.7 Å². The fourth-order valence-corrected chi connectivity index (χ4v) is 3.51. The van der Waals surface area contributed by atoms with Crippen LogP contribution < -0.4 is 5.32 Å². The Kier molecular flexibility index (Phi) is 5.63. The molecule has 1 aromatic heterocycles. The molecular formula is C19H24ClN3O2. The number of benzene rings is 1. The van der Waals surface area contributed by atoms with Crippen LogP contribution in [-0.2, 0) is 16.0 Å². The summed E-state index contributed by atoms with van der Waals surface area (Å²) in [4.78, 5) is 29.3. The number of carbonyl (C=O) groups excluding carboxylic acids is 2. The highest BCUT2D eigenvalue weighted by Crippen LogP contribution is 2.23. The Morgan fingerprint density at radius 2 is 2.28 bits per heavy atom. The lowest BCUT2D eigenvalue weighted by Crippen LogP contribution is -2.34. The van der Waals surface area contributed by atoms with Gasteiger partial charge in [-0.15, -0.1) is 0 Å². The monoisotopic (exact) mass is 361 g/mol. The third-order valence-electron chi connectivity index (χ3n) is 4.79. The number of nitrogens with one attached hydrogen (secondary N) is 2. The molecule has 1 aliphatic rings. The van der Waals surface area contributed by atoms with Crippen LogP contribution in [0.15, 0.2) is 24.4 Å². The van der Waals surface area contributed by atoms with Crippen molar-refractivity contribution in [2.75, 3.05) is 19.6 Å². The van der Waals surface area contributed by atoms with Crippen LogP contribution in [-0.4, -0.2) is 41.3 Å². The number of aromatic amines is 1. The predicted molar refractivity (Wildman–Crippen MR) is 99.6 cm³/mol. The molecule has 2 aromatic rings. The SMILES string of the molecule is CCCCN1CC(C(=O)NCCc2c[nH]c3ccc(Cl)cc23)CC1=O. The van der Waals surface area contributed by atoms with Crippen LogP contribution in [0.4, 0.5) is 0 Å². The minimum Gasteiger partial charge on any atom is -0.361 e. The number of nitrogens with zero attached hydrogens (tertiary/aromatic N) is 1. The Hall–Kier alpha value is -2.01. The molecule has 0 spiro atoms. The Morgan fingerprint density at radius 1 is 1.44 bits per heavy atom. The zero-order valence-corrected chi connectivity index (χ0v) is 15.2. The van der Waals surface area contributed by atoms with Gasteiger partial charge in [0, 0.05) is 48.2 Å². The van der Waals surface area contributed by atoms with E-state index in [9.17, 15) is 9.59 Å². The second kappa shape index (κ2) is 7.91. The molecule has 1 aromatic carbocycles. The third-order valence-corrected chi connectivity index (χ3v) is 5.03. The third kappa shape index (κ3) is 4.15. The zero-order chi connectivity index (χ0) is 17.8. The molecule has 1 fully saturated rings. The summed E-state index contributed by atoms with van der Waals surface area (Å²) in [5.41, 5.74) is 2.17. The van der Waals surface area contributed by atoms with Crippen molar-refractivity contribution >= 4 is 34.3 Å². The van der Waals surface area contributed by atoms with Crippen LogP contribution in [0.5, 0.6) is 0 Å². The highest BCUT2D eigenvalue weighted by molar-refractivity contribution is 6.31. The van der Waals surface area contributed by atoms with E-state index in [1.165, 1.54) is 0 Å². The fraction of sp³-hybridized carbons (Fsp3) is 0.474. The number of aromatic nitrogens is 1. The second-order valence-corrected chi connectivity index (χ2v) is 7.08. The molecule has 1 unspecified atom stereocenters. The van der Waals surface area contributed by atoms with Gasteiger partial charge in [0.2, 0.25) is 11.8 Å². The largest absolute Gasteiger partial charge is 0.361 e. The molecule has 0 aliphatic carbocycles. The maximum absolute atomic E-state index is 12.3. The van der Waals surface area contributed by atoms with Gasteiger partial charge in [-0.05, 0) is 36.6 Å². The second-order valence-electron chi connectivity index (χ2n) is 6.64. The minimum atomic E-state index is -0.221. The van der Waals surface area contributed by atoms with Crippen molar-refractivity contribution in [1.29, 1.82) is 0 Å². The fourth-order valence-electron chi connectivity index (χ4n) is 3.34. The Balaban J connectivity index is 1.51. The van der Waals surface area contributed by atoms with E-state index in [1.54, 1.807) is 0 Å². The van der Waals surface area contributed by atoms with Gasteiger partial charge in [0.15, 0.2) is 0 Å². The van der Waals surface area contributed by atoms with Gasteiger partial charge in [-0.3, -0.25) is 9.59 Å². The molecule has 2 N–H and O–H groups in total. The van der Waals surface area contributed by atoms with Gasteiger partial charge in [-0.1, -0.05) is 24.9 Å². The Labute approximate surface area is 152 Å². The lowest BCUT2D eigenvalue weighted by molar-refractivity contribution is -0.129. The van der Waals surface area contributed by atoms with E-state index >= 15 is 0 Å². The quantitative estimate of drug-likeness (QED) is 0.795. The molecule has 2 amide bonds. The number of amides is 2. The van der Waals surface area contributed by atoms with Gasteiger partial charge in [0.05, 0.1) is 5.92 Å². The lowest BCUT2D eigenvalue weighted by atomic mass is 10.1. The molecule has 0 bridgehead atoms. The molecule has 1 atom stereocenters. The van der Waals surface area contributed by atoms with Gasteiger partial charge < -0.3 is 15.2 Å². The molecule has 134 valence electrons. The van der Waals surface area contributed by atoms with Gasteiger partial charge in [0.1, 0.15) is 0 Å². The van der Waals surface area contributed by atoms with Crippen molar-refractivity contribution in [3.8, 4) is 0 Å². The van der Waals surface area contributed by atoms with E-state index < -0.39 is 0 Å². The van der Waals surface area contributed by atoms with Crippen molar-refractivity contribution in [3.63, 3.8) is 0 Å². The number of hydrogen-bond acceptors (Lipinski definition) is 2. The van der Waals surface area contributed by atoms with Crippen molar-refractivity contribution < 1.29 is 9.59 Å². The highest BCUT2D eigenvalue weighted by Gasteiger charge is 2.33. The zero-order valence-electron chi connectivity index (χ0n) is 14.5. The van der Waals surface area contributed by atoms with Crippen LogP contribution in [0, 0.1) is 5.92 Å². The number of H-pyrrole nitrogens is 1. The van der Waals surface area contributed by atoms with Crippen molar-refractivity contribution in [2.24, 2.45) is 5.92 Å². The van der Waals surface area contributed by atoms with E-state index in [1.807, 2.05) is 29.3 Å². The number of carbonyl (C=O) groups is 2. The molecule has 1 aliphatic heterocycles. The lowest BCUT2D eigenvalue weighted by Gasteiger charge is -2.15.